The molecular weight excluding hydrogens is 196 g/mol. The molecule has 0 spiro atoms. The van der Waals surface area contributed by atoms with Crippen LogP contribution in [0.1, 0.15) is 54.4 Å². The molecular formula is C14H32N2. The zero-order valence-corrected chi connectivity index (χ0v) is 12.1. The Morgan fingerprint density at radius 3 is 1.38 bits per heavy atom. The molecule has 0 aromatic heterocycles. The van der Waals surface area contributed by atoms with Gasteiger partial charge in [-0.1, -0.05) is 54.4 Å². The summed E-state index contributed by atoms with van der Waals surface area (Å²) < 4.78 is 0. The van der Waals surface area contributed by atoms with E-state index in [1.807, 2.05) is 0 Å². The number of rotatable bonds is 7. The van der Waals surface area contributed by atoms with Crippen LogP contribution in [0.25, 0.3) is 0 Å². The van der Waals surface area contributed by atoms with Crippen molar-refractivity contribution in [2.45, 2.75) is 59.9 Å². The lowest BCUT2D eigenvalue weighted by molar-refractivity contribution is 0.115. The highest BCUT2D eigenvalue weighted by molar-refractivity contribution is 4.97. The van der Waals surface area contributed by atoms with Gasteiger partial charge < -0.3 is 11.5 Å². The largest absolute Gasteiger partial charge is 0.329 e. The lowest BCUT2D eigenvalue weighted by Crippen LogP contribution is -2.60. The molecule has 0 amide bonds. The minimum atomic E-state index is -0.217. The van der Waals surface area contributed by atoms with Gasteiger partial charge in [-0.15, -0.1) is 0 Å². The Bertz CT molecular complexity index is 175. The van der Waals surface area contributed by atoms with E-state index >= 15 is 0 Å². The van der Waals surface area contributed by atoms with Gasteiger partial charge in [-0.2, -0.15) is 0 Å². The van der Waals surface area contributed by atoms with Gasteiger partial charge in [0.05, 0.1) is 0 Å². The summed E-state index contributed by atoms with van der Waals surface area (Å²) in [7, 11) is 0. The Labute approximate surface area is 102 Å². The number of nitrogens with two attached hydrogens (primary N) is 2. The summed E-state index contributed by atoms with van der Waals surface area (Å²) in [6.07, 6.45) is 2.35. The van der Waals surface area contributed by atoms with E-state index in [0.29, 0.717) is 30.2 Å². The van der Waals surface area contributed by atoms with E-state index in [1.54, 1.807) is 0 Å². The van der Waals surface area contributed by atoms with Gasteiger partial charge in [-0.05, 0) is 23.7 Å². The fourth-order valence-electron chi connectivity index (χ4n) is 2.55. The maximum atomic E-state index is 6.61. The van der Waals surface area contributed by atoms with Gasteiger partial charge in [0, 0.05) is 12.1 Å². The zero-order valence-electron chi connectivity index (χ0n) is 12.1. The van der Waals surface area contributed by atoms with Crippen LogP contribution in [-0.4, -0.2) is 12.1 Å². The fourth-order valence-corrected chi connectivity index (χ4v) is 2.55. The maximum absolute atomic E-state index is 6.61. The molecule has 0 heterocycles. The quantitative estimate of drug-likeness (QED) is 0.704. The molecule has 4 unspecified atom stereocenters. The lowest BCUT2D eigenvalue weighted by atomic mass is 9.66. The molecule has 2 heteroatoms. The summed E-state index contributed by atoms with van der Waals surface area (Å²) in [5.74, 6) is 2.23. The third kappa shape index (κ3) is 3.21. The van der Waals surface area contributed by atoms with Crippen molar-refractivity contribution in [2.75, 3.05) is 6.54 Å². The van der Waals surface area contributed by atoms with Gasteiger partial charge >= 0.3 is 0 Å². The van der Waals surface area contributed by atoms with E-state index < -0.39 is 0 Å². The smallest absolute Gasteiger partial charge is 0.0335 e. The molecule has 16 heavy (non-hydrogen) atoms. The Hall–Kier alpha value is -0.0800. The molecule has 0 aliphatic rings. The Balaban J connectivity index is 4.88. The molecule has 4 atom stereocenters. The van der Waals surface area contributed by atoms with Gasteiger partial charge in [0.15, 0.2) is 0 Å². The second-order valence-electron chi connectivity index (χ2n) is 5.66. The van der Waals surface area contributed by atoms with E-state index in [0.717, 1.165) is 0 Å². The minimum absolute atomic E-state index is 0.217. The predicted octanol–water partition coefficient (Wildman–Crippen LogP) is 3.01. The molecule has 0 rings (SSSR count). The van der Waals surface area contributed by atoms with Crippen molar-refractivity contribution < 1.29 is 0 Å². The fraction of sp³-hybridized carbons (Fsp3) is 1.00. The third-order valence-corrected chi connectivity index (χ3v) is 5.04. The van der Waals surface area contributed by atoms with Crippen molar-refractivity contribution in [1.29, 1.82) is 0 Å². The van der Waals surface area contributed by atoms with Crippen molar-refractivity contribution >= 4 is 0 Å². The molecule has 0 saturated carbocycles. The lowest BCUT2D eigenvalue weighted by Gasteiger charge is -2.44. The summed E-state index contributed by atoms with van der Waals surface area (Å²) in [6.45, 7) is 14.1. The highest BCUT2D eigenvalue weighted by Gasteiger charge is 2.39. The average molecular weight is 228 g/mol. The molecule has 0 aromatic rings. The molecule has 0 radical (unpaired) electrons. The normalized spacial score (nSPS) is 23.2. The summed E-state index contributed by atoms with van der Waals surface area (Å²) in [4.78, 5) is 0. The number of hydrogen-bond donors (Lipinski definition) is 2. The van der Waals surface area contributed by atoms with Crippen molar-refractivity contribution in [2.24, 2.45) is 35.1 Å². The van der Waals surface area contributed by atoms with Crippen LogP contribution in [0.3, 0.4) is 0 Å². The maximum Gasteiger partial charge on any atom is 0.0335 e. The first-order valence-electron chi connectivity index (χ1n) is 6.83. The molecule has 0 aliphatic heterocycles. The predicted molar refractivity (Wildman–Crippen MR) is 73.2 cm³/mol. The summed E-state index contributed by atoms with van der Waals surface area (Å²) >= 11 is 0. The average Bonchev–Trinajstić information content (AvgIpc) is 2.33. The van der Waals surface area contributed by atoms with Crippen LogP contribution in [0.2, 0.25) is 0 Å². The molecule has 4 N–H and O–H groups in total. The molecule has 0 fully saturated rings. The van der Waals surface area contributed by atoms with E-state index in [1.165, 1.54) is 12.8 Å². The first-order chi connectivity index (χ1) is 7.34. The van der Waals surface area contributed by atoms with Crippen LogP contribution in [0.5, 0.6) is 0 Å². The molecule has 2 nitrogen and oxygen atoms in total. The Morgan fingerprint density at radius 1 is 0.875 bits per heavy atom. The van der Waals surface area contributed by atoms with Gasteiger partial charge in [0.25, 0.3) is 0 Å². The van der Waals surface area contributed by atoms with Crippen LogP contribution in [-0.2, 0) is 0 Å². The van der Waals surface area contributed by atoms with Crippen LogP contribution >= 0.6 is 0 Å². The van der Waals surface area contributed by atoms with Gasteiger partial charge in [0.1, 0.15) is 0 Å². The minimum Gasteiger partial charge on any atom is -0.329 e. The first kappa shape index (κ1) is 15.9. The van der Waals surface area contributed by atoms with Crippen molar-refractivity contribution in [1.82, 2.24) is 0 Å². The van der Waals surface area contributed by atoms with Crippen molar-refractivity contribution in [3.63, 3.8) is 0 Å². The monoisotopic (exact) mass is 228 g/mol. The van der Waals surface area contributed by atoms with Crippen LogP contribution in [0.15, 0.2) is 0 Å². The Morgan fingerprint density at radius 2 is 1.19 bits per heavy atom. The van der Waals surface area contributed by atoms with E-state index in [2.05, 4.69) is 41.5 Å². The highest BCUT2D eigenvalue weighted by Crippen LogP contribution is 2.35. The zero-order chi connectivity index (χ0) is 12.9. The SMILES string of the molecule is CCC(C)C(C)C(N)(CN)C(C)C(C)CC. The molecule has 0 aromatic carbocycles. The summed E-state index contributed by atoms with van der Waals surface area (Å²) in [6, 6.07) is 0. The molecule has 0 bridgehead atoms. The summed E-state index contributed by atoms with van der Waals surface area (Å²) in [5, 5.41) is 0. The molecule has 98 valence electrons. The van der Waals surface area contributed by atoms with Crippen LogP contribution < -0.4 is 11.5 Å². The van der Waals surface area contributed by atoms with Crippen LogP contribution in [0.4, 0.5) is 0 Å². The standard InChI is InChI=1S/C14H32N2/c1-7-10(3)12(5)14(16,9-15)13(6)11(4)8-2/h10-13H,7-9,15-16H2,1-6H3. The van der Waals surface area contributed by atoms with E-state index in [9.17, 15) is 0 Å². The van der Waals surface area contributed by atoms with Gasteiger partial charge in [-0.3, -0.25) is 0 Å². The third-order valence-electron chi connectivity index (χ3n) is 5.04. The van der Waals surface area contributed by atoms with E-state index in [-0.39, 0.29) is 5.54 Å². The summed E-state index contributed by atoms with van der Waals surface area (Å²) in [5.41, 5.74) is 12.4. The topological polar surface area (TPSA) is 52.0 Å². The van der Waals surface area contributed by atoms with Crippen LogP contribution in [0, 0.1) is 23.7 Å². The second kappa shape index (κ2) is 6.61. The van der Waals surface area contributed by atoms with E-state index in [4.69, 9.17) is 11.5 Å². The number of hydrogen-bond acceptors (Lipinski definition) is 2. The first-order valence-corrected chi connectivity index (χ1v) is 6.83. The molecule has 0 saturated heterocycles. The van der Waals surface area contributed by atoms with Crippen molar-refractivity contribution in [3.8, 4) is 0 Å². The van der Waals surface area contributed by atoms with Gasteiger partial charge in [0.2, 0.25) is 0 Å². The van der Waals surface area contributed by atoms with Gasteiger partial charge in [-0.25, -0.2) is 0 Å². The highest BCUT2D eigenvalue weighted by atomic mass is 14.8. The second-order valence-corrected chi connectivity index (χ2v) is 5.66. The van der Waals surface area contributed by atoms with Crippen molar-refractivity contribution in [3.05, 3.63) is 0 Å². The Kier molecular flexibility index (Phi) is 6.57. The molecule has 0 aliphatic carbocycles.